The molecule has 2 aromatic carbocycles. The number of nitrogens with zero attached hydrogens (tertiary/aromatic N) is 1. The maximum Gasteiger partial charge on any atom is 0.335 e. The minimum Gasteiger partial charge on any atom is -0.481 e. The third-order valence-electron chi connectivity index (χ3n) is 3.31. The zero-order valence-electron chi connectivity index (χ0n) is 12.9. The normalized spacial score (nSPS) is 11.6. The molecule has 0 radical (unpaired) electrons. The third kappa shape index (κ3) is 4.26. The highest BCUT2D eigenvalue weighted by atomic mass is 32.2. The van der Waals surface area contributed by atoms with E-state index >= 15 is 0 Å². The summed E-state index contributed by atoms with van der Waals surface area (Å²) in [5.74, 6) is -1.96. The predicted octanol–water partition coefficient (Wildman–Crippen LogP) is 4.31. The number of fused-ring (bicyclic) bond motifs is 1. The molecule has 25 heavy (non-hydrogen) atoms. The van der Waals surface area contributed by atoms with Crippen molar-refractivity contribution < 1.29 is 19.8 Å². The topological polar surface area (TPSA) is 87.5 Å². The van der Waals surface area contributed by atoms with E-state index in [1.165, 1.54) is 35.2 Å². The van der Waals surface area contributed by atoms with Crippen molar-refractivity contribution in [2.75, 3.05) is 5.75 Å². The minimum absolute atomic E-state index is 0.0744. The molecule has 0 saturated carbocycles. The van der Waals surface area contributed by atoms with E-state index in [1.54, 1.807) is 12.1 Å². The highest BCUT2D eigenvalue weighted by Crippen LogP contribution is 2.35. The van der Waals surface area contributed by atoms with Gasteiger partial charge >= 0.3 is 11.9 Å². The van der Waals surface area contributed by atoms with Crippen LogP contribution in [-0.4, -0.2) is 32.9 Å². The number of carboxylic acids is 2. The fourth-order valence-corrected chi connectivity index (χ4v) is 4.00. The molecule has 0 spiro atoms. The Labute approximate surface area is 151 Å². The van der Waals surface area contributed by atoms with Crippen molar-refractivity contribution in [2.45, 2.75) is 0 Å². The number of aromatic nitrogens is 1. The number of aromatic carboxylic acids is 1. The van der Waals surface area contributed by atoms with Crippen LogP contribution in [0.15, 0.2) is 48.5 Å². The van der Waals surface area contributed by atoms with Crippen LogP contribution in [0.3, 0.4) is 0 Å². The van der Waals surface area contributed by atoms with Crippen LogP contribution in [0, 0.1) is 0 Å². The summed E-state index contributed by atoms with van der Waals surface area (Å²) in [4.78, 5) is 27.2. The maximum atomic E-state index is 10.9. The lowest BCUT2D eigenvalue weighted by Crippen LogP contribution is -1.98. The largest absolute Gasteiger partial charge is 0.481 e. The molecule has 3 rings (SSSR count). The SMILES string of the molecule is O=C(O)CS/C(=C\c1ccc(C(=O)O)cc1)c1nc2ccccc2s1. The van der Waals surface area contributed by atoms with Crippen LogP contribution in [0.5, 0.6) is 0 Å². The van der Waals surface area contributed by atoms with Gasteiger partial charge in [-0.1, -0.05) is 24.3 Å². The van der Waals surface area contributed by atoms with Gasteiger partial charge in [0.25, 0.3) is 0 Å². The first kappa shape index (κ1) is 17.2. The molecule has 0 aliphatic carbocycles. The second-order valence-electron chi connectivity index (χ2n) is 5.10. The van der Waals surface area contributed by atoms with Crippen LogP contribution in [-0.2, 0) is 4.79 Å². The first-order valence-corrected chi connectivity index (χ1v) is 9.09. The quantitative estimate of drug-likeness (QED) is 0.671. The third-order valence-corrected chi connectivity index (χ3v) is 5.52. The summed E-state index contributed by atoms with van der Waals surface area (Å²) in [5, 5.41) is 18.7. The van der Waals surface area contributed by atoms with Gasteiger partial charge in [-0.2, -0.15) is 0 Å². The number of carboxylic acid groups (broad SMARTS) is 2. The average molecular weight is 371 g/mol. The molecular weight excluding hydrogens is 358 g/mol. The average Bonchev–Trinajstić information content (AvgIpc) is 3.02. The van der Waals surface area contributed by atoms with Gasteiger partial charge in [-0.15, -0.1) is 23.1 Å². The first-order chi connectivity index (χ1) is 12.0. The standard InChI is InChI=1S/C18H13NO4S2/c20-16(21)10-24-15(9-11-5-7-12(8-6-11)18(22)23)17-19-13-3-1-2-4-14(13)25-17/h1-9H,10H2,(H,20,21)(H,22,23)/b15-9-. The zero-order valence-corrected chi connectivity index (χ0v) is 14.5. The van der Waals surface area contributed by atoms with Crippen molar-refractivity contribution in [3.63, 3.8) is 0 Å². The number of carbonyl (C=O) groups is 2. The number of benzene rings is 2. The van der Waals surface area contributed by atoms with E-state index in [0.717, 1.165) is 25.7 Å². The summed E-state index contributed by atoms with van der Waals surface area (Å²) in [6.45, 7) is 0. The van der Waals surface area contributed by atoms with Gasteiger partial charge in [0, 0.05) is 4.91 Å². The Kier molecular flexibility index (Phi) is 5.16. The molecule has 3 aromatic rings. The van der Waals surface area contributed by atoms with E-state index in [9.17, 15) is 9.59 Å². The van der Waals surface area contributed by atoms with Gasteiger partial charge < -0.3 is 10.2 Å². The van der Waals surface area contributed by atoms with Crippen LogP contribution in [0.2, 0.25) is 0 Å². The number of hydrogen-bond acceptors (Lipinski definition) is 5. The maximum absolute atomic E-state index is 10.9. The molecule has 0 saturated heterocycles. The Bertz CT molecular complexity index is 928. The molecule has 0 aliphatic rings. The lowest BCUT2D eigenvalue weighted by molar-refractivity contribution is -0.133. The lowest BCUT2D eigenvalue weighted by atomic mass is 10.1. The summed E-state index contributed by atoms with van der Waals surface area (Å²) >= 11 is 2.69. The summed E-state index contributed by atoms with van der Waals surface area (Å²) in [7, 11) is 0. The van der Waals surface area contributed by atoms with Gasteiger partial charge in [0.1, 0.15) is 5.01 Å². The molecule has 2 N–H and O–H groups in total. The molecule has 7 heteroatoms. The van der Waals surface area contributed by atoms with E-state index in [1.807, 2.05) is 30.3 Å². The van der Waals surface area contributed by atoms with Crippen molar-refractivity contribution in [3.8, 4) is 0 Å². The van der Waals surface area contributed by atoms with Crippen molar-refractivity contribution in [1.29, 1.82) is 0 Å². The number of para-hydroxylation sites is 1. The number of hydrogen-bond donors (Lipinski definition) is 2. The van der Waals surface area contributed by atoms with Gasteiger partial charge in [0.05, 0.1) is 21.5 Å². The van der Waals surface area contributed by atoms with Crippen LogP contribution in [0.1, 0.15) is 20.9 Å². The molecule has 126 valence electrons. The van der Waals surface area contributed by atoms with E-state index in [-0.39, 0.29) is 11.3 Å². The summed E-state index contributed by atoms with van der Waals surface area (Å²) in [5.41, 5.74) is 1.86. The molecule has 5 nitrogen and oxygen atoms in total. The molecule has 0 unspecified atom stereocenters. The lowest BCUT2D eigenvalue weighted by Gasteiger charge is -2.03. The van der Waals surface area contributed by atoms with E-state index < -0.39 is 11.9 Å². The monoisotopic (exact) mass is 371 g/mol. The smallest absolute Gasteiger partial charge is 0.335 e. The Balaban J connectivity index is 1.98. The molecular formula is C18H13NO4S2. The van der Waals surface area contributed by atoms with Gasteiger partial charge in [-0.05, 0) is 35.9 Å². The minimum atomic E-state index is -0.984. The highest BCUT2D eigenvalue weighted by molar-refractivity contribution is 8.09. The molecule has 0 fully saturated rings. The fourth-order valence-electron chi connectivity index (χ4n) is 2.16. The summed E-state index contributed by atoms with van der Waals surface area (Å²) < 4.78 is 1.03. The van der Waals surface area contributed by atoms with Gasteiger partial charge in [0.15, 0.2) is 0 Å². The van der Waals surface area contributed by atoms with Crippen LogP contribution in [0.25, 0.3) is 21.2 Å². The second kappa shape index (κ2) is 7.50. The van der Waals surface area contributed by atoms with Crippen LogP contribution < -0.4 is 0 Å². The molecule has 0 amide bonds. The Hall–Kier alpha value is -2.64. The number of thiazole rings is 1. The first-order valence-electron chi connectivity index (χ1n) is 7.28. The van der Waals surface area contributed by atoms with Crippen molar-refractivity contribution in [1.82, 2.24) is 4.98 Å². The van der Waals surface area contributed by atoms with Gasteiger partial charge in [-0.3, -0.25) is 4.79 Å². The van der Waals surface area contributed by atoms with Crippen molar-refractivity contribution >= 4 is 56.2 Å². The molecule has 0 bridgehead atoms. The summed E-state index contributed by atoms with van der Waals surface area (Å²) in [6.07, 6.45) is 1.83. The summed E-state index contributed by atoms with van der Waals surface area (Å²) in [6, 6.07) is 14.1. The molecule has 0 aliphatic heterocycles. The van der Waals surface area contributed by atoms with Crippen molar-refractivity contribution in [2.24, 2.45) is 0 Å². The van der Waals surface area contributed by atoms with Crippen LogP contribution >= 0.6 is 23.1 Å². The van der Waals surface area contributed by atoms with Gasteiger partial charge in [0.2, 0.25) is 0 Å². The fraction of sp³-hybridized carbons (Fsp3) is 0.0556. The zero-order chi connectivity index (χ0) is 17.8. The van der Waals surface area contributed by atoms with Crippen molar-refractivity contribution in [3.05, 3.63) is 64.7 Å². The Morgan fingerprint density at radius 1 is 1.08 bits per heavy atom. The highest BCUT2D eigenvalue weighted by Gasteiger charge is 2.12. The van der Waals surface area contributed by atoms with E-state index in [4.69, 9.17) is 10.2 Å². The predicted molar refractivity (Wildman–Crippen MR) is 101 cm³/mol. The Morgan fingerprint density at radius 3 is 2.44 bits per heavy atom. The number of thioether (sulfide) groups is 1. The van der Waals surface area contributed by atoms with Gasteiger partial charge in [-0.25, -0.2) is 9.78 Å². The van der Waals surface area contributed by atoms with E-state index in [0.29, 0.717) is 0 Å². The number of aliphatic carboxylic acids is 1. The van der Waals surface area contributed by atoms with E-state index in [2.05, 4.69) is 4.98 Å². The molecule has 0 atom stereocenters. The Morgan fingerprint density at radius 2 is 1.80 bits per heavy atom. The molecule has 1 heterocycles. The number of rotatable bonds is 6. The van der Waals surface area contributed by atoms with Crippen LogP contribution in [0.4, 0.5) is 0 Å². The molecule has 1 aromatic heterocycles. The second-order valence-corrected chi connectivity index (χ2v) is 7.15.